The van der Waals surface area contributed by atoms with Crippen molar-refractivity contribution in [1.82, 2.24) is 0 Å². The number of allylic oxidation sites excluding steroid dienone is 2. The van der Waals surface area contributed by atoms with Crippen LogP contribution in [0.25, 0.3) is 0 Å². The fourth-order valence-corrected chi connectivity index (χ4v) is 6.58. The van der Waals surface area contributed by atoms with E-state index in [1.807, 2.05) is 0 Å². The Balaban J connectivity index is 3.71. The zero-order valence-electron chi connectivity index (χ0n) is 8.28. The Labute approximate surface area is 83.2 Å². The third kappa shape index (κ3) is 6.80. The molecule has 0 aromatic carbocycles. The molecule has 0 spiro atoms. The van der Waals surface area contributed by atoms with Gasteiger partial charge in [-0.05, 0) is 0 Å². The fourth-order valence-electron chi connectivity index (χ4n) is 0.750. The van der Waals surface area contributed by atoms with Crippen LogP contribution in [0.4, 0.5) is 0 Å². The first-order chi connectivity index (χ1) is 5.20. The quantitative estimate of drug-likeness (QED) is 0.686. The van der Waals surface area contributed by atoms with Crippen LogP contribution in [0, 0.1) is 0 Å². The molecule has 0 aliphatic rings. The van der Waals surface area contributed by atoms with Crippen LogP contribution < -0.4 is 0 Å². The van der Waals surface area contributed by atoms with Crippen molar-refractivity contribution in [2.24, 2.45) is 0 Å². The van der Waals surface area contributed by atoms with E-state index in [2.05, 4.69) is 34.9 Å². The molecule has 0 nitrogen and oxygen atoms in total. The van der Waals surface area contributed by atoms with E-state index in [4.69, 9.17) is 0 Å². The molecule has 0 N–H and O–H groups in total. The zero-order valence-corrected chi connectivity index (χ0v) is 13.8. The summed E-state index contributed by atoms with van der Waals surface area (Å²) >= 11 is -0.714. The monoisotopic (exact) mass is 340 g/mol. The molecule has 60 valence electrons. The first-order valence-electron chi connectivity index (χ1n) is 4.52. The van der Waals surface area contributed by atoms with Crippen LogP contribution in [0.5, 0.6) is 0 Å². The molecule has 0 saturated heterocycles. The molecule has 0 rings (SSSR count). The molecule has 0 amide bonds. The van der Waals surface area contributed by atoms with Gasteiger partial charge in [0.2, 0.25) is 0 Å². The van der Waals surface area contributed by atoms with E-state index in [0.29, 0.717) is 0 Å². The van der Waals surface area contributed by atoms with Gasteiger partial charge in [0.25, 0.3) is 0 Å². The summed E-state index contributed by atoms with van der Waals surface area (Å²) in [4.78, 5) is 0. The van der Waals surface area contributed by atoms with Gasteiger partial charge in [0.1, 0.15) is 0 Å². The van der Waals surface area contributed by atoms with Crippen molar-refractivity contribution < 1.29 is 24.6 Å². The van der Waals surface area contributed by atoms with Crippen molar-refractivity contribution in [2.75, 3.05) is 0 Å². The van der Waals surface area contributed by atoms with E-state index >= 15 is 0 Å². The molecule has 0 radical (unpaired) electrons. The van der Waals surface area contributed by atoms with Gasteiger partial charge in [0, 0.05) is 0 Å². The van der Waals surface area contributed by atoms with Crippen molar-refractivity contribution in [1.29, 1.82) is 0 Å². The molecule has 0 aliphatic heterocycles. The molecule has 0 aromatic rings. The molecule has 0 heterocycles. The summed E-state index contributed by atoms with van der Waals surface area (Å²) in [5, 5.41) is 0. The second-order valence-corrected chi connectivity index (χ2v) is 8.05. The molecule has 0 aliphatic carbocycles. The van der Waals surface area contributed by atoms with Crippen LogP contribution in [0.15, 0.2) is 18.3 Å². The Morgan fingerprint density at radius 3 is 1.64 bits per heavy atom. The van der Waals surface area contributed by atoms with Crippen LogP contribution in [0.3, 0.4) is 0 Å². The normalized spacial score (nSPS) is 13.1. The topological polar surface area (TPSA) is 0 Å². The van der Waals surface area contributed by atoms with Gasteiger partial charge >= 0.3 is 83.4 Å². The predicted octanol–water partition coefficient (Wildman–Crippen LogP) is 3.70. The van der Waals surface area contributed by atoms with Crippen LogP contribution >= 0.6 is 0 Å². The average molecular weight is 339 g/mol. The Morgan fingerprint density at radius 1 is 1.00 bits per heavy atom. The summed E-state index contributed by atoms with van der Waals surface area (Å²) in [7, 11) is 0. The Hall–Kier alpha value is 0.415. The number of hydrogen-bond acceptors (Lipinski definition) is 0. The van der Waals surface area contributed by atoms with Gasteiger partial charge in [-0.15, -0.1) is 0 Å². The van der Waals surface area contributed by atoms with E-state index in [0.717, 1.165) is 0 Å². The molecular formula is C10H18Hg. The molecule has 0 aromatic heterocycles. The molecule has 0 saturated carbocycles. The Morgan fingerprint density at radius 2 is 1.36 bits per heavy atom. The van der Waals surface area contributed by atoms with Gasteiger partial charge in [-0.25, -0.2) is 0 Å². The van der Waals surface area contributed by atoms with Crippen molar-refractivity contribution >= 4 is 0 Å². The van der Waals surface area contributed by atoms with Gasteiger partial charge in [-0.1, -0.05) is 0 Å². The van der Waals surface area contributed by atoms with Crippen molar-refractivity contribution in [3.8, 4) is 0 Å². The van der Waals surface area contributed by atoms with E-state index in [1.54, 1.807) is 11.1 Å². The molecule has 0 bridgehead atoms. The summed E-state index contributed by atoms with van der Waals surface area (Å²) in [6.07, 6.45) is 2.47. The maximum atomic E-state index is 2.53. The van der Waals surface area contributed by atoms with E-state index in [-0.39, 0.29) is 0 Å². The van der Waals surface area contributed by atoms with Gasteiger partial charge in [-0.3, -0.25) is 0 Å². The molecule has 0 fully saturated rings. The summed E-state index contributed by atoms with van der Waals surface area (Å²) in [5.41, 5.74) is 3.18. The predicted molar refractivity (Wildman–Crippen MR) is 48.1 cm³/mol. The van der Waals surface area contributed by atoms with E-state index in [1.165, 1.54) is 12.8 Å². The first kappa shape index (κ1) is 11.4. The van der Waals surface area contributed by atoms with E-state index < -0.39 is 24.6 Å². The third-order valence-corrected chi connectivity index (χ3v) is 9.30. The second kappa shape index (κ2) is 7.09. The molecule has 11 heavy (non-hydrogen) atoms. The Kier molecular flexibility index (Phi) is 7.35. The van der Waals surface area contributed by atoms with Gasteiger partial charge in [0.15, 0.2) is 0 Å². The first-order valence-corrected chi connectivity index (χ1v) is 10.9. The Bertz CT molecular complexity index is 136. The average Bonchev–Trinajstić information content (AvgIpc) is 2.04. The SMILES string of the molecule is CC/C(C)=[CH]\[Hg]/[CH]=C(/C)CC. The van der Waals surface area contributed by atoms with Crippen LogP contribution in [-0.2, 0) is 24.6 Å². The van der Waals surface area contributed by atoms with Gasteiger partial charge < -0.3 is 0 Å². The van der Waals surface area contributed by atoms with Gasteiger partial charge in [-0.2, -0.15) is 0 Å². The molecule has 0 atom stereocenters. The third-order valence-electron chi connectivity index (χ3n) is 2.05. The summed E-state index contributed by atoms with van der Waals surface area (Å²) in [6, 6.07) is 0. The van der Waals surface area contributed by atoms with Crippen LogP contribution in [0.2, 0.25) is 0 Å². The number of hydrogen-bond donors (Lipinski definition) is 0. The molecular weight excluding hydrogens is 321 g/mol. The maximum absolute atomic E-state index is 2.53. The van der Waals surface area contributed by atoms with Crippen molar-refractivity contribution in [3.63, 3.8) is 0 Å². The molecule has 1 heteroatoms. The summed E-state index contributed by atoms with van der Waals surface area (Å²) in [6.45, 7) is 8.95. The van der Waals surface area contributed by atoms with Crippen molar-refractivity contribution in [2.45, 2.75) is 40.5 Å². The summed E-state index contributed by atoms with van der Waals surface area (Å²) < 4.78 is 5.05. The van der Waals surface area contributed by atoms with E-state index in [9.17, 15) is 0 Å². The van der Waals surface area contributed by atoms with Crippen LogP contribution in [-0.4, -0.2) is 0 Å². The fraction of sp³-hybridized carbons (Fsp3) is 0.600. The molecule has 0 unspecified atom stereocenters. The van der Waals surface area contributed by atoms with Crippen LogP contribution in [0.1, 0.15) is 40.5 Å². The second-order valence-electron chi connectivity index (χ2n) is 3.04. The zero-order chi connectivity index (χ0) is 8.69. The van der Waals surface area contributed by atoms with Gasteiger partial charge in [0.05, 0.1) is 0 Å². The minimum atomic E-state index is -0.714. The summed E-state index contributed by atoms with van der Waals surface area (Å²) in [5.74, 6) is 0. The van der Waals surface area contributed by atoms with Crippen molar-refractivity contribution in [3.05, 3.63) is 18.3 Å². The standard InChI is InChI=1S/2C5H9.Hg/c2*1-4-5(2)3;/h2*2H,4H2,1,3H3;. The minimum absolute atomic E-state index is 0.714. The number of rotatable bonds is 4.